The van der Waals surface area contributed by atoms with Crippen LogP contribution < -0.4 is 5.73 Å². The Balaban J connectivity index is 2.22. The van der Waals surface area contributed by atoms with Crippen LogP contribution in [0.4, 0.5) is 5.69 Å². The van der Waals surface area contributed by atoms with Crippen molar-refractivity contribution in [2.24, 2.45) is 0 Å². The van der Waals surface area contributed by atoms with Crippen molar-refractivity contribution in [2.75, 3.05) is 5.73 Å². The second-order valence-corrected chi connectivity index (χ2v) is 4.80. The van der Waals surface area contributed by atoms with Gasteiger partial charge in [0.05, 0.1) is 0 Å². The highest BCUT2D eigenvalue weighted by atomic mass is 35.5. The number of hydrogen-bond acceptors (Lipinski definition) is 2. The van der Waals surface area contributed by atoms with Gasteiger partial charge in [0.1, 0.15) is 11.3 Å². The van der Waals surface area contributed by atoms with E-state index in [2.05, 4.69) is 0 Å². The van der Waals surface area contributed by atoms with E-state index in [9.17, 15) is 0 Å². The van der Waals surface area contributed by atoms with Crippen molar-refractivity contribution < 1.29 is 4.42 Å². The molecule has 0 aliphatic rings. The first-order valence-electron chi connectivity index (χ1n) is 5.69. The van der Waals surface area contributed by atoms with Crippen LogP contribution in [-0.2, 0) is 0 Å². The lowest BCUT2D eigenvalue weighted by Gasteiger charge is -2.03. The van der Waals surface area contributed by atoms with Gasteiger partial charge in [-0.3, -0.25) is 0 Å². The average Bonchev–Trinajstić information content (AvgIpc) is 2.74. The third kappa shape index (κ3) is 1.85. The maximum absolute atomic E-state index is 5.97. The van der Waals surface area contributed by atoms with Crippen LogP contribution in [0.1, 0.15) is 5.56 Å². The maximum Gasteiger partial charge on any atom is 0.135 e. The first-order chi connectivity index (χ1) is 8.63. The molecule has 3 heteroatoms. The van der Waals surface area contributed by atoms with Gasteiger partial charge in [-0.05, 0) is 48.9 Å². The number of benzene rings is 2. The Kier molecular flexibility index (Phi) is 2.53. The number of furan rings is 1. The lowest BCUT2D eigenvalue weighted by molar-refractivity contribution is 0.631. The van der Waals surface area contributed by atoms with Crippen LogP contribution in [-0.4, -0.2) is 0 Å². The predicted molar refractivity (Wildman–Crippen MR) is 75.8 cm³/mol. The van der Waals surface area contributed by atoms with Crippen LogP contribution in [0.5, 0.6) is 0 Å². The zero-order valence-corrected chi connectivity index (χ0v) is 10.7. The number of nitrogen functional groups attached to an aromatic ring is 1. The number of aryl methyl sites for hydroxylation is 1. The molecule has 1 heterocycles. The fourth-order valence-electron chi connectivity index (χ4n) is 2.05. The number of anilines is 1. The molecular formula is C15H12ClNO. The fraction of sp³-hybridized carbons (Fsp3) is 0.0667. The van der Waals surface area contributed by atoms with Crippen LogP contribution in [0.25, 0.3) is 22.3 Å². The largest absolute Gasteiger partial charge is 0.456 e. The highest BCUT2D eigenvalue weighted by molar-refractivity contribution is 6.31. The summed E-state index contributed by atoms with van der Waals surface area (Å²) in [6.45, 7) is 2.04. The van der Waals surface area contributed by atoms with Crippen molar-refractivity contribution in [3.8, 4) is 11.3 Å². The van der Waals surface area contributed by atoms with E-state index in [4.69, 9.17) is 21.8 Å². The molecule has 0 aliphatic heterocycles. The summed E-state index contributed by atoms with van der Waals surface area (Å²) in [6.07, 6.45) is 0. The van der Waals surface area contributed by atoms with E-state index in [1.54, 1.807) is 0 Å². The zero-order chi connectivity index (χ0) is 12.7. The molecule has 18 heavy (non-hydrogen) atoms. The smallest absolute Gasteiger partial charge is 0.135 e. The molecule has 2 nitrogen and oxygen atoms in total. The molecular weight excluding hydrogens is 246 g/mol. The Morgan fingerprint density at radius 2 is 1.89 bits per heavy atom. The third-order valence-electron chi connectivity index (χ3n) is 3.01. The van der Waals surface area contributed by atoms with E-state index in [0.29, 0.717) is 5.02 Å². The molecule has 90 valence electrons. The summed E-state index contributed by atoms with van der Waals surface area (Å²) in [7, 11) is 0. The number of hydrogen-bond donors (Lipinski definition) is 1. The molecule has 0 atom stereocenters. The summed E-state index contributed by atoms with van der Waals surface area (Å²) in [4.78, 5) is 0. The van der Waals surface area contributed by atoms with Crippen molar-refractivity contribution in [3.05, 3.63) is 53.1 Å². The quantitative estimate of drug-likeness (QED) is 0.645. The Labute approximate surface area is 110 Å². The lowest BCUT2D eigenvalue weighted by Crippen LogP contribution is -1.87. The van der Waals surface area contributed by atoms with Gasteiger partial charge in [0.25, 0.3) is 0 Å². The van der Waals surface area contributed by atoms with Gasteiger partial charge in [-0.25, -0.2) is 0 Å². The Hall–Kier alpha value is -1.93. The van der Waals surface area contributed by atoms with E-state index in [0.717, 1.165) is 33.5 Å². The van der Waals surface area contributed by atoms with Crippen LogP contribution >= 0.6 is 11.6 Å². The predicted octanol–water partition coefficient (Wildman–Crippen LogP) is 4.64. The summed E-state index contributed by atoms with van der Waals surface area (Å²) < 4.78 is 5.83. The molecule has 0 amide bonds. The average molecular weight is 258 g/mol. The minimum Gasteiger partial charge on any atom is -0.456 e. The van der Waals surface area contributed by atoms with Gasteiger partial charge < -0.3 is 10.2 Å². The summed E-state index contributed by atoms with van der Waals surface area (Å²) in [5.74, 6) is 0.817. The summed E-state index contributed by atoms with van der Waals surface area (Å²) in [5.41, 5.74) is 9.53. The molecule has 0 radical (unpaired) electrons. The molecule has 0 fully saturated rings. The Morgan fingerprint density at radius 3 is 2.72 bits per heavy atom. The molecule has 0 saturated carbocycles. The van der Waals surface area contributed by atoms with E-state index >= 15 is 0 Å². The van der Waals surface area contributed by atoms with E-state index < -0.39 is 0 Å². The minimum absolute atomic E-state index is 0.708. The van der Waals surface area contributed by atoms with Gasteiger partial charge in [0.15, 0.2) is 0 Å². The molecule has 3 aromatic rings. The highest BCUT2D eigenvalue weighted by Gasteiger charge is 2.09. The molecule has 0 bridgehead atoms. The van der Waals surface area contributed by atoms with Crippen LogP contribution in [0.15, 0.2) is 46.9 Å². The Morgan fingerprint density at radius 1 is 1.06 bits per heavy atom. The molecule has 0 unspecified atom stereocenters. The van der Waals surface area contributed by atoms with Gasteiger partial charge >= 0.3 is 0 Å². The van der Waals surface area contributed by atoms with Gasteiger partial charge in [-0.2, -0.15) is 0 Å². The van der Waals surface area contributed by atoms with Crippen LogP contribution in [0, 0.1) is 6.92 Å². The van der Waals surface area contributed by atoms with Crippen molar-refractivity contribution in [2.45, 2.75) is 6.92 Å². The van der Waals surface area contributed by atoms with Crippen molar-refractivity contribution in [1.82, 2.24) is 0 Å². The normalized spacial score (nSPS) is 11.0. The van der Waals surface area contributed by atoms with Gasteiger partial charge in [-0.1, -0.05) is 17.7 Å². The van der Waals surface area contributed by atoms with E-state index in [-0.39, 0.29) is 0 Å². The summed E-state index contributed by atoms with van der Waals surface area (Å²) in [5, 5.41) is 1.71. The third-order valence-corrected chi connectivity index (χ3v) is 3.24. The molecule has 0 spiro atoms. The second kappa shape index (κ2) is 4.07. The number of fused-ring (bicyclic) bond motifs is 1. The Bertz CT molecular complexity index is 730. The standard InChI is InChI=1S/C15H12ClNO/c1-9-2-4-12(17)8-13(9)15-7-10-6-11(16)3-5-14(10)18-15/h2-8H,17H2,1H3. The molecule has 3 rings (SSSR count). The summed E-state index contributed by atoms with van der Waals surface area (Å²) in [6, 6.07) is 13.4. The molecule has 1 aromatic heterocycles. The second-order valence-electron chi connectivity index (χ2n) is 4.37. The number of nitrogens with two attached hydrogens (primary N) is 1. The molecule has 2 aromatic carbocycles. The minimum atomic E-state index is 0.708. The highest BCUT2D eigenvalue weighted by Crippen LogP contribution is 2.32. The fourth-order valence-corrected chi connectivity index (χ4v) is 2.23. The van der Waals surface area contributed by atoms with E-state index in [1.165, 1.54) is 0 Å². The zero-order valence-electron chi connectivity index (χ0n) is 9.91. The SMILES string of the molecule is Cc1ccc(N)cc1-c1cc2cc(Cl)ccc2o1. The lowest BCUT2D eigenvalue weighted by atomic mass is 10.1. The van der Waals surface area contributed by atoms with Crippen molar-refractivity contribution >= 4 is 28.3 Å². The number of halogens is 1. The van der Waals surface area contributed by atoms with Crippen LogP contribution in [0.2, 0.25) is 5.02 Å². The first kappa shape index (κ1) is 11.2. The van der Waals surface area contributed by atoms with E-state index in [1.807, 2.05) is 49.4 Å². The molecule has 0 saturated heterocycles. The van der Waals surface area contributed by atoms with Gasteiger partial charge in [0.2, 0.25) is 0 Å². The topological polar surface area (TPSA) is 39.2 Å². The molecule has 2 N–H and O–H groups in total. The summed E-state index contributed by atoms with van der Waals surface area (Å²) >= 11 is 5.97. The van der Waals surface area contributed by atoms with Gasteiger partial charge in [0, 0.05) is 21.7 Å². The van der Waals surface area contributed by atoms with Crippen LogP contribution in [0.3, 0.4) is 0 Å². The number of rotatable bonds is 1. The first-order valence-corrected chi connectivity index (χ1v) is 6.07. The maximum atomic E-state index is 5.97. The van der Waals surface area contributed by atoms with Crippen molar-refractivity contribution in [1.29, 1.82) is 0 Å². The van der Waals surface area contributed by atoms with Crippen molar-refractivity contribution in [3.63, 3.8) is 0 Å². The van der Waals surface area contributed by atoms with Gasteiger partial charge in [-0.15, -0.1) is 0 Å². The molecule has 0 aliphatic carbocycles. The monoisotopic (exact) mass is 257 g/mol.